The van der Waals surface area contributed by atoms with E-state index in [9.17, 15) is 0 Å². The van der Waals surface area contributed by atoms with Gasteiger partial charge in [-0.25, -0.2) is 0 Å². The van der Waals surface area contributed by atoms with E-state index in [-0.39, 0.29) is 6.79 Å². The van der Waals surface area contributed by atoms with Crippen LogP contribution in [0.3, 0.4) is 0 Å². The maximum atomic E-state index is 5.32. The summed E-state index contributed by atoms with van der Waals surface area (Å²) in [6.07, 6.45) is 3.51. The van der Waals surface area contributed by atoms with Crippen LogP contribution < -0.4 is 20.1 Å². The maximum Gasteiger partial charge on any atom is 0.231 e. The Kier molecular flexibility index (Phi) is 3.64. The van der Waals surface area contributed by atoms with Crippen molar-refractivity contribution >= 4 is 23.0 Å². The number of nitrogens with zero attached hydrogens (tertiary/aromatic N) is 1. The summed E-state index contributed by atoms with van der Waals surface area (Å²) >= 11 is 5.25. The number of fused-ring (bicyclic) bond motifs is 1. The Balaban J connectivity index is 1.56. The number of rotatable bonds is 3. The fourth-order valence-corrected chi connectivity index (χ4v) is 2.02. The molecule has 0 aliphatic carbocycles. The lowest BCUT2D eigenvalue weighted by molar-refractivity contribution is 0.174. The average molecular weight is 287 g/mol. The van der Waals surface area contributed by atoms with Gasteiger partial charge in [0.1, 0.15) is 0 Å². The van der Waals surface area contributed by atoms with Crippen molar-refractivity contribution < 1.29 is 9.47 Å². The van der Waals surface area contributed by atoms with Gasteiger partial charge in [-0.2, -0.15) is 0 Å². The summed E-state index contributed by atoms with van der Waals surface area (Å²) in [5.41, 5.74) is 1.98. The molecule has 3 rings (SSSR count). The molecule has 20 heavy (non-hydrogen) atoms. The standard InChI is InChI=1S/C14H13N3O2S/c20-14(16-8-10-3-5-15-6-4-10)17-11-1-2-12-13(7-11)19-9-18-12/h1-7H,8-9H2,(H2,16,17,20). The molecule has 0 saturated heterocycles. The fraction of sp³-hybridized carbons (Fsp3) is 0.143. The topological polar surface area (TPSA) is 55.4 Å². The molecule has 1 aliphatic heterocycles. The maximum absolute atomic E-state index is 5.32. The molecular weight excluding hydrogens is 274 g/mol. The van der Waals surface area contributed by atoms with E-state index in [1.165, 1.54) is 0 Å². The van der Waals surface area contributed by atoms with E-state index in [2.05, 4.69) is 15.6 Å². The second kappa shape index (κ2) is 5.75. The third kappa shape index (κ3) is 2.97. The highest BCUT2D eigenvalue weighted by atomic mass is 32.1. The van der Waals surface area contributed by atoms with Gasteiger partial charge in [-0.1, -0.05) is 0 Å². The Hall–Kier alpha value is -2.34. The van der Waals surface area contributed by atoms with Crippen LogP contribution in [-0.2, 0) is 6.54 Å². The van der Waals surface area contributed by atoms with E-state index in [1.807, 2.05) is 30.3 Å². The largest absolute Gasteiger partial charge is 0.454 e. The normalized spacial score (nSPS) is 12.0. The molecule has 0 amide bonds. The van der Waals surface area contributed by atoms with Crippen LogP contribution in [0, 0.1) is 0 Å². The molecule has 6 heteroatoms. The van der Waals surface area contributed by atoms with Crippen molar-refractivity contribution in [1.29, 1.82) is 0 Å². The molecule has 2 heterocycles. The van der Waals surface area contributed by atoms with Crippen molar-refractivity contribution in [3.63, 3.8) is 0 Å². The Morgan fingerprint density at radius 3 is 2.80 bits per heavy atom. The summed E-state index contributed by atoms with van der Waals surface area (Å²) in [7, 11) is 0. The Labute approximate surface area is 121 Å². The van der Waals surface area contributed by atoms with Gasteiger partial charge >= 0.3 is 0 Å². The average Bonchev–Trinajstić information content (AvgIpc) is 2.94. The lowest BCUT2D eigenvalue weighted by Crippen LogP contribution is -2.27. The van der Waals surface area contributed by atoms with Crippen LogP contribution in [0.25, 0.3) is 0 Å². The number of anilines is 1. The smallest absolute Gasteiger partial charge is 0.231 e. The van der Waals surface area contributed by atoms with E-state index in [1.54, 1.807) is 12.4 Å². The van der Waals surface area contributed by atoms with Crippen LogP contribution in [0.4, 0.5) is 5.69 Å². The summed E-state index contributed by atoms with van der Waals surface area (Å²) < 4.78 is 10.6. The van der Waals surface area contributed by atoms with Gasteiger partial charge in [0, 0.05) is 30.7 Å². The molecule has 1 aromatic carbocycles. The minimum absolute atomic E-state index is 0.267. The molecule has 0 bridgehead atoms. The molecule has 102 valence electrons. The van der Waals surface area contributed by atoms with Gasteiger partial charge in [0.25, 0.3) is 0 Å². The zero-order valence-electron chi connectivity index (χ0n) is 10.6. The quantitative estimate of drug-likeness (QED) is 0.845. The zero-order valence-corrected chi connectivity index (χ0v) is 11.4. The highest BCUT2D eigenvalue weighted by Gasteiger charge is 2.13. The van der Waals surface area contributed by atoms with E-state index in [0.717, 1.165) is 22.7 Å². The molecule has 0 atom stereocenters. The number of hydrogen-bond donors (Lipinski definition) is 2. The number of nitrogens with one attached hydrogen (secondary N) is 2. The summed E-state index contributed by atoms with van der Waals surface area (Å²) in [4.78, 5) is 3.97. The predicted molar refractivity (Wildman–Crippen MR) is 79.9 cm³/mol. The first-order chi connectivity index (χ1) is 9.81. The first kappa shape index (κ1) is 12.7. The minimum atomic E-state index is 0.267. The van der Waals surface area contributed by atoms with Crippen LogP contribution in [0.2, 0.25) is 0 Å². The molecule has 0 unspecified atom stereocenters. The minimum Gasteiger partial charge on any atom is -0.454 e. The highest BCUT2D eigenvalue weighted by Crippen LogP contribution is 2.34. The van der Waals surface area contributed by atoms with Gasteiger partial charge in [-0.15, -0.1) is 0 Å². The van der Waals surface area contributed by atoms with Crippen molar-refractivity contribution in [2.24, 2.45) is 0 Å². The van der Waals surface area contributed by atoms with Gasteiger partial charge < -0.3 is 20.1 Å². The number of benzene rings is 1. The number of hydrogen-bond acceptors (Lipinski definition) is 4. The number of ether oxygens (including phenoxy) is 2. The number of aromatic nitrogens is 1. The monoisotopic (exact) mass is 287 g/mol. The van der Waals surface area contributed by atoms with Crippen LogP contribution >= 0.6 is 12.2 Å². The van der Waals surface area contributed by atoms with Gasteiger partial charge in [-0.3, -0.25) is 4.98 Å². The molecule has 5 nitrogen and oxygen atoms in total. The summed E-state index contributed by atoms with van der Waals surface area (Å²) in [6.45, 7) is 0.919. The SMILES string of the molecule is S=C(NCc1ccncc1)Nc1ccc2c(c1)OCO2. The first-order valence-electron chi connectivity index (χ1n) is 6.15. The fourth-order valence-electron chi connectivity index (χ4n) is 1.83. The molecule has 0 spiro atoms. The number of thiocarbonyl (C=S) groups is 1. The molecule has 0 saturated carbocycles. The summed E-state index contributed by atoms with van der Waals surface area (Å²) in [6, 6.07) is 9.50. The van der Waals surface area contributed by atoms with E-state index in [0.29, 0.717) is 11.7 Å². The van der Waals surface area contributed by atoms with Crippen LogP contribution in [0.15, 0.2) is 42.7 Å². The Bertz CT molecular complexity index is 619. The molecule has 2 N–H and O–H groups in total. The Morgan fingerprint density at radius 2 is 1.95 bits per heavy atom. The predicted octanol–water partition coefficient (Wildman–Crippen LogP) is 2.30. The van der Waals surface area contributed by atoms with Crippen LogP contribution in [0.5, 0.6) is 11.5 Å². The van der Waals surface area contributed by atoms with Gasteiger partial charge in [0.2, 0.25) is 6.79 Å². The molecular formula is C14H13N3O2S. The molecule has 2 aromatic rings. The lowest BCUT2D eigenvalue weighted by Gasteiger charge is -2.10. The first-order valence-corrected chi connectivity index (χ1v) is 6.55. The summed E-state index contributed by atoms with van der Waals surface area (Å²) in [5, 5.41) is 6.80. The Morgan fingerprint density at radius 1 is 1.15 bits per heavy atom. The second-order valence-electron chi connectivity index (χ2n) is 4.23. The molecule has 0 radical (unpaired) electrons. The van der Waals surface area contributed by atoms with Crippen molar-refractivity contribution in [1.82, 2.24) is 10.3 Å². The molecule has 1 aromatic heterocycles. The third-order valence-corrected chi connectivity index (χ3v) is 3.08. The third-order valence-electron chi connectivity index (χ3n) is 2.83. The summed E-state index contributed by atoms with van der Waals surface area (Å²) in [5.74, 6) is 1.48. The van der Waals surface area contributed by atoms with E-state index < -0.39 is 0 Å². The van der Waals surface area contributed by atoms with Crippen molar-refractivity contribution in [2.75, 3.05) is 12.1 Å². The van der Waals surface area contributed by atoms with Gasteiger partial charge in [0.15, 0.2) is 16.6 Å². The van der Waals surface area contributed by atoms with E-state index in [4.69, 9.17) is 21.7 Å². The van der Waals surface area contributed by atoms with E-state index >= 15 is 0 Å². The zero-order chi connectivity index (χ0) is 13.8. The van der Waals surface area contributed by atoms with Gasteiger partial charge in [0.05, 0.1) is 0 Å². The van der Waals surface area contributed by atoms with Crippen molar-refractivity contribution in [3.8, 4) is 11.5 Å². The van der Waals surface area contributed by atoms with Crippen LogP contribution in [-0.4, -0.2) is 16.9 Å². The highest BCUT2D eigenvalue weighted by molar-refractivity contribution is 7.80. The van der Waals surface area contributed by atoms with Gasteiger partial charge in [-0.05, 0) is 42.0 Å². The van der Waals surface area contributed by atoms with Crippen molar-refractivity contribution in [3.05, 3.63) is 48.3 Å². The lowest BCUT2D eigenvalue weighted by atomic mass is 10.2. The second-order valence-corrected chi connectivity index (χ2v) is 4.64. The number of pyridine rings is 1. The van der Waals surface area contributed by atoms with Crippen molar-refractivity contribution in [2.45, 2.75) is 6.54 Å². The molecule has 1 aliphatic rings. The molecule has 0 fully saturated rings. The van der Waals surface area contributed by atoms with Crippen LogP contribution in [0.1, 0.15) is 5.56 Å².